The molecule has 1 heterocycles. The molecule has 4 aromatic rings. The van der Waals surface area contributed by atoms with Gasteiger partial charge in [-0.15, -0.1) is 5.10 Å². The maximum absolute atomic E-state index is 13.4. The quantitative estimate of drug-likeness (QED) is 0.452. The van der Waals surface area contributed by atoms with E-state index in [-0.39, 0.29) is 5.52 Å². The molecule has 0 radical (unpaired) electrons. The van der Waals surface area contributed by atoms with Crippen molar-refractivity contribution < 1.29 is 13.2 Å². The van der Waals surface area contributed by atoms with E-state index in [1.807, 2.05) is 60.7 Å². The van der Waals surface area contributed by atoms with Gasteiger partial charge in [0.05, 0.1) is 11.3 Å². The molecule has 2 nitrogen and oxygen atoms in total. The van der Waals surface area contributed by atoms with E-state index < -0.39 is 11.7 Å². The Morgan fingerprint density at radius 1 is 0.704 bits per heavy atom. The smallest absolute Gasteiger partial charge is 0.166 e. The highest BCUT2D eigenvalue weighted by atomic mass is 19.4. The molecule has 0 fully saturated rings. The standard InChI is InChI=1S/C22H15F3N2/c23-22(24,25)18-13-7-12-17-20(16-10-5-2-6-11-16)19(26-27-21(17)18)14-15-8-3-1-4-9-15/h1-13H,14H2. The predicted molar refractivity (Wildman–Crippen MR) is 99.2 cm³/mol. The second-order valence-corrected chi connectivity index (χ2v) is 6.25. The highest BCUT2D eigenvalue weighted by Gasteiger charge is 2.34. The van der Waals surface area contributed by atoms with Crippen LogP contribution in [0, 0.1) is 0 Å². The predicted octanol–water partition coefficient (Wildman–Crippen LogP) is 5.91. The Balaban J connectivity index is 1.99. The molecule has 0 spiro atoms. The summed E-state index contributed by atoms with van der Waals surface area (Å²) in [5.41, 5.74) is 2.30. The van der Waals surface area contributed by atoms with Crippen molar-refractivity contribution >= 4 is 10.9 Å². The van der Waals surface area contributed by atoms with Crippen LogP contribution in [0.3, 0.4) is 0 Å². The first-order valence-electron chi connectivity index (χ1n) is 8.49. The molecule has 1 aromatic heterocycles. The van der Waals surface area contributed by atoms with Gasteiger partial charge in [-0.1, -0.05) is 72.8 Å². The first-order valence-corrected chi connectivity index (χ1v) is 8.49. The van der Waals surface area contributed by atoms with Crippen LogP contribution in [-0.4, -0.2) is 10.2 Å². The van der Waals surface area contributed by atoms with E-state index in [1.54, 1.807) is 6.07 Å². The number of fused-ring (bicyclic) bond motifs is 1. The highest BCUT2D eigenvalue weighted by Crippen LogP contribution is 2.38. The first kappa shape index (κ1) is 17.2. The van der Waals surface area contributed by atoms with E-state index in [0.717, 1.165) is 17.2 Å². The van der Waals surface area contributed by atoms with E-state index in [9.17, 15) is 13.2 Å². The summed E-state index contributed by atoms with van der Waals surface area (Å²) >= 11 is 0. The van der Waals surface area contributed by atoms with Crippen molar-refractivity contribution in [3.63, 3.8) is 0 Å². The second-order valence-electron chi connectivity index (χ2n) is 6.25. The lowest BCUT2D eigenvalue weighted by molar-refractivity contribution is -0.136. The minimum Gasteiger partial charge on any atom is -0.166 e. The average Bonchev–Trinajstić information content (AvgIpc) is 2.68. The molecule has 0 bridgehead atoms. The Morgan fingerprint density at radius 3 is 2.04 bits per heavy atom. The number of aromatic nitrogens is 2. The molecular weight excluding hydrogens is 349 g/mol. The van der Waals surface area contributed by atoms with Crippen LogP contribution in [0.15, 0.2) is 78.9 Å². The molecule has 0 aliphatic heterocycles. The minimum atomic E-state index is -4.48. The Kier molecular flexibility index (Phi) is 4.36. The minimum absolute atomic E-state index is 0.124. The van der Waals surface area contributed by atoms with Crippen molar-refractivity contribution in [2.75, 3.05) is 0 Å². The Morgan fingerprint density at radius 2 is 1.37 bits per heavy atom. The Labute approximate surface area is 154 Å². The maximum atomic E-state index is 13.4. The fraction of sp³-hybridized carbons (Fsp3) is 0.0909. The number of hydrogen-bond acceptors (Lipinski definition) is 2. The summed E-state index contributed by atoms with van der Waals surface area (Å²) in [5, 5.41) is 8.62. The lowest BCUT2D eigenvalue weighted by atomic mass is 9.95. The monoisotopic (exact) mass is 364 g/mol. The van der Waals surface area contributed by atoms with Gasteiger partial charge in [-0.3, -0.25) is 0 Å². The highest BCUT2D eigenvalue weighted by molar-refractivity contribution is 5.97. The zero-order valence-electron chi connectivity index (χ0n) is 14.2. The molecule has 4 rings (SSSR count). The molecule has 0 unspecified atom stereocenters. The number of alkyl halides is 3. The fourth-order valence-electron chi connectivity index (χ4n) is 3.24. The van der Waals surface area contributed by atoms with Crippen LogP contribution in [0.25, 0.3) is 22.0 Å². The molecule has 0 amide bonds. The molecular formula is C22H15F3N2. The summed E-state index contributed by atoms with van der Waals surface area (Å²) in [6.45, 7) is 0. The van der Waals surface area contributed by atoms with E-state index in [0.29, 0.717) is 23.1 Å². The fourth-order valence-corrected chi connectivity index (χ4v) is 3.24. The molecule has 134 valence electrons. The molecule has 0 aliphatic carbocycles. The first-order chi connectivity index (χ1) is 13.0. The van der Waals surface area contributed by atoms with Crippen molar-refractivity contribution in [2.24, 2.45) is 0 Å². The normalized spacial score (nSPS) is 11.7. The van der Waals surface area contributed by atoms with Gasteiger partial charge in [-0.05, 0) is 17.2 Å². The number of nitrogens with zero attached hydrogens (tertiary/aromatic N) is 2. The van der Waals surface area contributed by atoms with Crippen molar-refractivity contribution in [1.82, 2.24) is 10.2 Å². The molecule has 0 saturated heterocycles. The summed E-state index contributed by atoms with van der Waals surface area (Å²) in [4.78, 5) is 0. The molecule has 0 atom stereocenters. The zero-order valence-corrected chi connectivity index (χ0v) is 14.2. The summed E-state index contributed by atoms with van der Waals surface area (Å²) in [6, 6.07) is 23.2. The number of rotatable bonds is 3. The molecule has 0 saturated carbocycles. The van der Waals surface area contributed by atoms with Crippen molar-refractivity contribution in [1.29, 1.82) is 0 Å². The van der Waals surface area contributed by atoms with Crippen molar-refractivity contribution in [2.45, 2.75) is 12.6 Å². The summed E-state index contributed by atoms with van der Waals surface area (Å²) in [6.07, 6.45) is -3.99. The van der Waals surface area contributed by atoms with Crippen LogP contribution >= 0.6 is 0 Å². The summed E-state index contributed by atoms with van der Waals surface area (Å²) in [7, 11) is 0. The third-order valence-electron chi connectivity index (χ3n) is 4.45. The molecule has 5 heteroatoms. The van der Waals surface area contributed by atoms with Gasteiger partial charge in [0.1, 0.15) is 5.52 Å². The van der Waals surface area contributed by atoms with Gasteiger partial charge in [0.25, 0.3) is 0 Å². The van der Waals surface area contributed by atoms with Crippen LogP contribution in [0.1, 0.15) is 16.8 Å². The van der Waals surface area contributed by atoms with Crippen LogP contribution in [0.2, 0.25) is 0 Å². The average molecular weight is 364 g/mol. The number of halogens is 3. The second kappa shape index (κ2) is 6.83. The Bertz CT molecular complexity index is 1080. The van der Waals surface area contributed by atoms with Gasteiger partial charge in [0.2, 0.25) is 0 Å². The number of hydrogen-bond donors (Lipinski definition) is 0. The summed E-state index contributed by atoms with van der Waals surface area (Å²) in [5.74, 6) is 0. The van der Waals surface area contributed by atoms with E-state index >= 15 is 0 Å². The topological polar surface area (TPSA) is 25.8 Å². The van der Waals surface area contributed by atoms with Gasteiger partial charge >= 0.3 is 6.18 Å². The third kappa shape index (κ3) is 3.40. The van der Waals surface area contributed by atoms with E-state index in [1.165, 1.54) is 6.07 Å². The van der Waals surface area contributed by atoms with E-state index in [4.69, 9.17) is 0 Å². The van der Waals surface area contributed by atoms with Crippen molar-refractivity contribution in [3.05, 3.63) is 95.7 Å². The Hall–Kier alpha value is -3.21. The lowest BCUT2D eigenvalue weighted by Gasteiger charge is -2.15. The van der Waals surface area contributed by atoms with E-state index in [2.05, 4.69) is 10.2 Å². The molecule has 3 aromatic carbocycles. The lowest BCUT2D eigenvalue weighted by Crippen LogP contribution is -2.09. The molecule has 27 heavy (non-hydrogen) atoms. The summed E-state index contributed by atoms with van der Waals surface area (Å²) < 4.78 is 40.3. The van der Waals surface area contributed by atoms with Gasteiger partial charge < -0.3 is 0 Å². The van der Waals surface area contributed by atoms with Crippen LogP contribution < -0.4 is 0 Å². The zero-order chi connectivity index (χ0) is 18.9. The van der Waals surface area contributed by atoms with Crippen LogP contribution in [-0.2, 0) is 12.6 Å². The SMILES string of the molecule is FC(F)(F)c1cccc2c(-c3ccccc3)c(Cc3ccccc3)nnc12. The number of benzene rings is 3. The van der Waals surface area contributed by atoms with Gasteiger partial charge in [0, 0.05) is 17.4 Å². The third-order valence-corrected chi connectivity index (χ3v) is 4.45. The van der Waals surface area contributed by atoms with Gasteiger partial charge in [-0.25, -0.2) is 0 Å². The molecule has 0 aliphatic rings. The van der Waals surface area contributed by atoms with Crippen molar-refractivity contribution in [3.8, 4) is 11.1 Å². The largest absolute Gasteiger partial charge is 0.418 e. The van der Waals surface area contributed by atoms with Gasteiger partial charge in [-0.2, -0.15) is 18.3 Å². The van der Waals surface area contributed by atoms with Gasteiger partial charge in [0.15, 0.2) is 0 Å². The maximum Gasteiger partial charge on any atom is 0.418 e. The van der Waals surface area contributed by atoms with Crippen LogP contribution in [0.4, 0.5) is 13.2 Å². The van der Waals surface area contributed by atoms with Crippen LogP contribution in [0.5, 0.6) is 0 Å². The molecule has 0 N–H and O–H groups in total.